The van der Waals surface area contributed by atoms with E-state index < -0.39 is 8.07 Å². The third kappa shape index (κ3) is 5.54. The smallest absolute Gasteiger partial charge is 0.209 e. The normalized spacial score (nSPS) is 15.2. The van der Waals surface area contributed by atoms with Crippen LogP contribution in [0.2, 0.25) is 25.7 Å². The van der Waals surface area contributed by atoms with Crippen molar-refractivity contribution in [3.05, 3.63) is 46.4 Å². The second-order valence-electron chi connectivity index (χ2n) is 11.1. The number of fused-ring (bicyclic) bond motifs is 2. The van der Waals surface area contributed by atoms with Gasteiger partial charge in [0.2, 0.25) is 5.95 Å². The van der Waals surface area contributed by atoms with E-state index >= 15 is 0 Å². The summed E-state index contributed by atoms with van der Waals surface area (Å²) in [4.78, 5) is 4.99. The van der Waals surface area contributed by atoms with E-state index in [-0.39, 0.29) is 6.61 Å². The van der Waals surface area contributed by atoms with E-state index in [9.17, 15) is 5.11 Å². The Morgan fingerprint density at radius 1 is 1.08 bits per heavy atom. The highest BCUT2D eigenvalue weighted by Crippen LogP contribution is 2.36. The lowest BCUT2D eigenvalue weighted by Gasteiger charge is -2.25. The van der Waals surface area contributed by atoms with Crippen molar-refractivity contribution in [2.45, 2.75) is 77.2 Å². The summed E-state index contributed by atoms with van der Waals surface area (Å²) >= 11 is 3.63. The van der Waals surface area contributed by atoms with Crippen LogP contribution in [0.3, 0.4) is 0 Å². The van der Waals surface area contributed by atoms with Crippen LogP contribution in [0.15, 0.2) is 40.9 Å². The Morgan fingerprint density at radius 2 is 1.86 bits per heavy atom. The van der Waals surface area contributed by atoms with Crippen molar-refractivity contribution in [1.82, 2.24) is 19.3 Å². The van der Waals surface area contributed by atoms with Crippen molar-refractivity contribution in [3.8, 4) is 0 Å². The summed E-state index contributed by atoms with van der Waals surface area (Å²) in [6, 6.07) is 13.8. The van der Waals surface area contributed by atoms with Crippen LogP contribution >= 0.6 is 15.9 Å². The number of aliphatic hydroxyl groups excluding tert-OH is 1. The molecule has 1 aliphatic rings. The Labute approximate surface area is 222 Å². The number of rotatable bonds is 9. The van der Waals surface area contributed by atoms with Gasteiger partial charge in [0, 0.05) is 30.6 Å². The number of halogens is 1. The van der Waals surface area contributed by atoms with Gasteiger partial charge in [-0.1, -0.05) is 60.9 Å². The topological polar surface area (TPSA) is 77.1 Å². The first-order valence-electron chi connectivity index (χ1n) is 12.9. The second-order valence-corrected chi connectivity index (χ2v) is 17.6. The standard InChI is InChI=1S/C27H36BrN5O2Si/c1-36(2,3)14-13-35-18-32-24-12-10-20(28)16-22(24)26(31-32)30-27-29-23-15-19(17-34)9-11-25(23)33(27)21-7-5-4-6-8-21/h9-12,15-16,21,34H,4-8,13-14,17-18H2,1-3H3,(H,29,30,31). The molecule has 36 heavy (non-hydrogen) atoms. The molecule has 2 aromatic carbocycles. The molecule has 0 radical (unpaired) electrons. The average molecular weight is 571 g/mol. The highest BCUT2D eigenvalue weighted by molar-refractivity contribution is 9.10. The molecule has 0 unspecified atom stereocenters. The minimum Gasteiger partial charge on any atom is -0.392 e. The quantitative estimate of drug-likeness (QED) is 0.164. The summed E-state index contributed by atoms with van der Waals surface area (Å²) in [5, 5.41) is 19.2. The molecule has 0 atom stereocenters. The SMILES string of the molecule is C[Si](C)(C)CCOCn1nc(Nc2nc3cc(CO)ccc3n2C2CCCCC2)c2cc(Br)ccc21. The Balaban J connectivity index is 1.51. The van der Waals surface area contributed by atoms with Gasteiger partial charge in [-0.2, -0.15) is 5.10 Å². The number of hydrogen-bond acceptors (Lipinski definition) is 5. The predicted molar refractivity (Wildman–Crippen MR) is 153 cm³/mol. The fraction of sp³-hybridized carbons (Fsp3) is 0.481. The summed E-state index contributed by atoms with van der Waals surface area (Å²) in [6.07, 6.45) is 6.05. The van der Waals surface area contributed by atoms with Crippen LogP contribution in [0.5, 0.6) is 0 Å². The van der Waals surface area contributed by atoms with Crippen LogP contribution in [0.25, 0.3) is 21.9 Å². The number of anilines is 2. The van der Waals surface area contributed by atoms with Gasteiger partial charge < -0.3 is 19.7 Å². The van der Waals surface area contributed by atoms with E-state index in [1.807, 2.05) is 22.9 Å². The van der Waals surface area contributed by atoms with Gasteiger partial charge >= 0.3 is 0 Å². The molecule has 0 spiro atoms. The number of aliphatic hydroxyl groups is 1. The summed E-state index contributed by atoms with van der Waals surface area (Å²) in [7, 11) is -1.15. The Morgan fingerprint density at radius 3 is 2.61 bits per heavy atom. The first-order chi connectivity index (χ1) is 17.3. The van der Waals surface area contributed by atoms with Crippen LogP contribution in [-0.2, 0) is 18.1 Å². The zero-order chi connectivity index (χ0) is 25.3. The first-order valence-corrected chi connectivity index (χ1v) is 17.4. The molecular formula is C27H36BrN5O2Si. The van der Waals surface area contributed by atoms with Gasteiger partial charge in [0.05, 0.1) is 23.2 Å². The molecule has 1 fully saturated rings. The molecule has 192 valence electrons. The molecule has 0 bridgehead atoms. The van der Waals surface area contributed by atoms with E-state index in [1.54, 1.807) is 0 Å². The lowest BCUT2D eigenvalue weighted by Crippen LogP contribution is -2.22. The maximum absolute atomic E-state index is 9.66. The van der Waals surface area contributed by atoms with Gasteiger partial charge in [-0.25, -0.2) is 9.67 Å². The number of nitrogens with zero attached hydrogens (tertiary/aromatic N) is 4. The van der Waals surface area contributed by atoms with Gasteiger partial charge in [0.1, 0.15) is 6.73 Å². The zero-order valence-corrected chi connectivity index (χ0v) is 24.0. The molecule has 2 N–H and O–H groups in total. The largest absolute Gasteiger partial charge is 0.392 e. The van der Waals surface area contributed by atoms with Gasteiger partial charge in [-0.3, -0.25) is 0 Å². The minimum atomic E-state index is -1.15. The number of benzene rings is 2. The highest BCUT2D eigenvalue weighted by Gasteiger charge is 2.23. The third-order valence-electron chi connectivity index (χ3n) is 7.03. The van der Waals surface area contributed by atoms with Crippen molar-refractivity contribution >= 4 is 57.7 Å². The minimum absolute atomic E-state index is 0.00969. The molecule has 0 amide bonds. The summed E-state index contributed by atoms with van der Waals surface area (Å²) in [5.74, 6) is 1.58. The number of nitrogens with one attached hydrogen (secondary N) is 1. The molecular weight excluding hydrogens is 534 g/mol. The molecule has 0 aliphatic heterocycles. The molecule has 7 nitrogen and oxygen atoms in total. The fourth-order valence-corrected chi connectivity index (χ4v) is 6.13. The summed E-state index contributed by atoms with van der Waals surface area (Å²) < 4.78 is 11.3. The van der Waals surface area contributed by atoms with E-state index in [2.05, 4.69) is 63.7 Å². The Hall–Kier alpha value is -2.20. The molecule has 2 aromatic heterocycles. The maximum Gasteiger partial charge on any atom is 0.209 e. The monoisotopic (exact) mass is 569 g/mol. The van der Waals surface area contributed by atoms with Gasteiger partial charge in [-0.05, 0) is 54.8 Å². The zero-order valence-electron chi connectivity index (χ0n) is 21.4. The molecule has 5 rings (SSSR count). The lowest BCUT2D eigenvalue weighted by atomic mass is 9.95. The average Bonchev–Trinajstić information content (AvgIpc) is 3.38. The summed E-state index contributed by atoms with van der Waals surface area (Å²) in [6.45, 7) is 8.27. The molecule has 1 aliphatic carbocycles. The lowest BCUT2D eigenvalue weighted by molar-refractivity contribution is 0.0819. The summed E-state index contributed by atoms with van der Waals surface area (Å²) in [5.41, 5.74) is 3.89. The fourth-order valence-electron chi connectivity index (χ4n) is 5.02. The van der Waals surface area contributed by atoms with Crippen LogP contribution in [0.1, 0.15) is 43.7 Å². The van der Waals surface area contributed by atoms with Gasteiger partial charge in [0.15, 0.2) is 5.82 Å². The molecule has 0 saturated heterocycles. The number of ether oxygens (including phenoxy) is 1. The van der Waals surface area contributed by atoms with Crippen LogP contribution in [0, 0.1) is 0 Å². The first kappa shape index (κ1) is 25.4. The van der Waals surface area contributed by atoms with Crippen molar-refractivity contribution in [2.24, 2.45) is 0 Å². The number of hydrogen-bond donors (Lipinski definition) is 2. The number of aromatic nitrogens is 4. The highest BCUT2D eigenvalue weighted by atomic mass is 79.9. The molecule has 9 heteroatoms. The molecule has 2 heterocycles. The van der Waals surface area contributed by atoms with Crippen molar-refractivity contribution < 1.29 is 9.84 Å². The van der Waals surface area contributed by atoms with E-state index in [4.69, 9.17) is 14.8 Å². The predicted octanol–water partition coefficient (Wildman–Crippen LogP) is 7.20. The Kier molecular flexibility index (Phi) is 7.53. The van der Waals surface area contributed by atoms with Crippen molar-refractivity contribution in [3.63, 3.8) is 0 Å². The third-order valence-corrected chi connectivity index (χ3v) is 9.23. The van der Waals surface area contributed by atoms with Crippen LogP contribution < -0.4 is 5.32 Å². The molecule has 1 saturated carbocycles. The van der Waals surface area contributed by atoms with Crippen molar-refractivity contribution in [2.75, 3.05) is 11.9 Å². The van der Waals surface area contributed by atoms with Crippen LogP contribution in [0.4, 0.5) is 11.8 Å². The molecule has 4 aromatic rings. The van der Waals surface area contributed by atoms with E-state index in [0.29, 0.717) is 12.8 Å². The van der Waals surface area contributed by atoms with E-state index in [0.717, 1.165) is 69.2 Å². The van der Waals surface area contributed by atoms with Gasteiger partial charge in [0.25, 0.3) is 0 Å². The van der Waals surface area contributed by atoms with Gasteiger partial charge in [-0.15, -0.1) is 0 Å². The van der Waals surface area contributed by atoms with Crippen molar-refractivity contribution in [1.29, 1.82) is 0 Å². The Bertz CT molecular complexity index is 1350. The van der Waals surface area contributed by atoms with Crippen LogP contribution in [-0.4, -0.2) is 39.1 Å². The second kappa shape index (κ2) is 10.7. The number of imidazole rings is 1. The maximum atomic E-state index is 9.66. The van der Waals surface area contributed by atoms with E-state index in [1.165, 1.54) is 19.3 Å².